The van der Waals surface area contributed by atoms with Crippen LogP contribution >= 0.6 is 0 Å². The van der Waals surface area contributed by atoms with Gasteiger partial charge in [-0.15, -0.1) is 0 Å². The van der Waals surface area contributed by atoms with Gasteiger partial charge in [0.2, 0.25) is 0 Å². The summed E-state index contributed by atoms with van der Waals surface area (Å²) in [6.45, 7) is 2.03. The molecule has 1 aromatic rings. The van der Waals surface area contributed by atoms with Gasteiger partial charge in [0.25, 0.3) is 10.1 Å². The molecule has 0 amide bonds. The Hall–Kier alpha value is -1.27. The van der Waals surface area contributed by atoms with Crippen molar-refractivity contribution in [2.45, 2.75) is 6.92 Å². The molecule has 0 saturated heterocycles. The van der Waals surface area contributed by atoms with Crippen LogP contribution in [0.5, 0.6) is 0 Å². The first-order valence-electron chi connectivity index (χ1n) is 4.43. The third kappa shape index (κ3) is 4.18. The number of nitrogens with two attached hydrogens (primary N) is 1. The fourth-order valence-electron chi connectivity index (χ4n) is 1.11. The molecule has 0 aliphatic heterocycles. The second-order valence-electron chi connectivity index (χ2n) is 3.28. The Morgan fingerprint density at radius 3 is 2.67 bits per heavy atom. The van der Waals surface area contributed by atoms with Crippen LogP contribution < -0.4 is 11.1 Å². The average molecular weight is 230 g/mol. The smallest absolute Gasteiger partial charge is 0.266 e. The maximum Gasteiger partial charge on any atom is 0.266 e. The Labute approximate surface area is 89.0 Å². The molecule has 4 N–H and O–H groups in total. The largest absolute Gasteiger partial charge is 0.399 e. The normalized spacial score (nSPS) is 11.3. The van der Waals surface area contributed by atoms with Crippen LogP contribution in [-0.2, 0) is 10.1 Å². The van der Waals surface area contributed by atoms with Gasteiger partial charge in [0.15, 0.2) is 0 Å². The predicted molar refractivity (Wildman–Crippen MR) is 60.5 cm³/mol. The highest BCUT2D eigenvalue weighted by atomic mass is 32.2. The molecule has 5 nitrogen and oxygen atoms in total. The van der Waals surface area contributed by atoms with Gasteiger partial charge in [-0.05, 0) is 30.7 Å². The van der Waals surface area contributed by atoms with Gasteiger partial charge in [0, 0.05) is 17.9 Å². The van der Waals surface area contributed by atoms with Gasteiger partial charge in [-0.25, -0.2) is 0 Å². The second-order valence-corrected chi connectivity index (χ2v) is 4.86. The molecule has 0 aromatic heterocycles. The van der Waals surface area contributed by atoms with E-state index in [1.54, 1.807) is 12.1 Å². The molecule has 0 heterocycles. The van der Waals surface area contributed by atoms with Crippen LogP contribution in [0.1, 0.15) is 5.56 Å². The summed E-state index contributed by atoms with van der Waals surface area (Å²) in [6, 6.07) is 5.32. The highest BCUT2D eigenvalue weighted by molar-refractivity contribution is 7.85. The molecule has 0 atom stereocenters. The molecule has 0 aliphatic rings. The number of benzene rings is 1. The Morgan fingerprint density at radius 2 is 2.13 bits per heavy atom. The molecule has 0 unspecified atom stereocenters. The number of anilines is 2. The van der Waals surface area contributed by atoms with Crippen molar-refractivity contribution in [2.75, 3.05) is 23.3 Å². The minimum Gasteiger partial charge on any atom is -0.399 e. The van der Waals surface area contributed by atoms with Crippen molar-refractivity contribution in [3.63, 3.8) is 0 Å². The molecule has 15 heavy (non-hydrogen) atoms. The van der Waals surface area contributed by atoms with Crippen molar-refractivity contribution in [3.05, 3.63) is 23.8 Å². The first-order chi connectivity index (χ1) is 6.88. The lowest BCUT2D eigenvalue weighted by atomic mass is 10.2. The molecule has 0 saturated carbocycles. The number of nitrogens with one attached hydrogen (secondary N) is 1. The Morgan fingerprint density at radius 1 is 1.47 bits per heavy atom. The van der Waals surface area contributed by atoms with E-state index in [2.05, 4.69) is 5.32 Å². The number of hydrogen-bond acceptors (Lipinski definition) is 4. The van der Waals surface area contributed by atoms with E-state index in [9.17, 15) is 8.42 Å². The molecule has 0 spiro atoms. The van der Waals surface area contributed by atoms with Crippen LogP contribution in [0.2, 0.25) is 0 Å². The number of nitrogen functional groups attached to an aromatic ring is 1. The van der Waals surface area contributed by atoms with Crippen LogP contribution in [0, 0.1) is 6.92 Å². The highest BCUT2D eigenvalue weighted by Gasteiger charge is 2.03. The van der Waals surface area contributed by atoms with Gasteiger partial charge in [0.05, 0.1) is 5.75 Å². The van der Waals surface area contributed by atoms with E-state index >= 15 is 0 Å². The third-order valence-electron chi connectivity index (χ3n) is 1.96. The van der Waals surface area contributed by atoms with Crippen molar-refractivity contribution >= 4 is 21.5 Å². The highest BCUT2D eigenvalue weighted by Crippen LogP contribution is 2.16. The molecule has 6 heteroatoms. The SMILES string of the molecule is Cc1cc(NCCS(=O)(=O)O)ccc1N. The maximum absolute atomic E-state index is 10.4. The molecule has 0 fully saturated rings. The van der Waals surface area contributed by atoms with E-state index in [0.717, 1.165) is 11.3 Å². The fourth-order valence-corrected chi connectivity index (χ4v) is 1.47. The van der Waals surface area contributed by atoms with Crippen LogP contribution in [0.15, 0.2) is 18.2 Å². The summed E-state index contributed by atoms with van der Waals surface area (Å²) in [5, 5.41) is 2.87. The van der Waals surface area contributed by atoms with Crippen molar-refractivity contribution in [3.8, 4) is 0 Å². The van der Waals surface area contributed by atoms with Crippen LogP contribution in [-0.4, -0.2) is 25.3 Å². The Kier molecular flexibility index (Phi) is 3.54. The minimum atomic E-state index is -3.90. The summed E-state index contributed by atoms with van der Waals surface area (Å²) in [6.07, 6.45) is 0. The molecular weight excluding hydrogens is 216 g/mol. The molecule has 0 radical (unpaired) electrons. The molecule has 84 valence electrons. The molecule has 0 aliphatic carbocycles. The number of rotatable bonds is 4. The van der Waals surface area contributed by atoms with Gasteiger partial charge in [-0.1, -0.05) is 0 Å². The molecular formula is C9H14N2O3S. The van der Waals surface area contributed by atoms with Gasteiger partial charge in [-0.3, -0.25) is 4.55 Å². The first kappa shape index (κ1) is 11.8. The average Bonchev–Trinajstić information content (AvgIpc) is 2.09. The zero-order valence-corrected chi connectivity index (χ0v) is 9.21. The van der Waals surface area contributed by atoms with Crippen LogP contribution in [0.25, 0.3) is 0 Å². The van der Waals surface area contributed by atoms with E-state index in [-0.39, 0.29) is 12.3 Å². The minimum absolute atomic E-state index is 0.169. The van der Waals surface area contributed by atoms with Crippen molar-refractivity contribution in [1.29, 1.82) is 0 Å². The molecule has 0 bridgehead atoms. The number of hydrogen-bond donors (Lipinski definition) is 3. The lowest BCUT2D eigenvalue weighted by Gasteiger charge is -2.07. The van der Waals surface area contributed by atoms with E-state index in [1.807, 2.05) is 13.0 Å². The first-order valence-corrected chi connectivity index (χ1v) is 6.04. The monoisotopic (exact) mass is 230 g/mol. The van der Waals surface area contributed by atoms with Crippen molar-refractivity contribution in [2.24, 2.45) is 0 Å². The van der Waals surface area contributed by atoms with E-state index in [1.165, 1.54) is 0 Å². The van der Waals surface area contributed by atoms with E-state index in [0.29, 0.717) is 5.69 Å². The zero-order chi connectivity index (χ0) is 11.5. The summed E-state index contributed by atoms with van der Waals surface area (Å²) >= 11 is 0. The Balaban J connectivity index is 2.55. The quantitative estimate of drug-likeness (QED) is 0.527. The topological polar surface area (TPSA) is 92.4 Å². The summed E-state index contributed by atoms with van der Waals surface area (Å²) < 4.78 is 29.4. The van der Waals surface area contributed by atoms with E-state index < -0.39 is 10.1 Å². The van der Waals surface area contributed by atoms with Gasteiger partial charge >= 0.3 is 0 Å². The maximum atomic E-state index is 10.4. The zero-order valence-electron chi connectivity index (χ0n) is 8.40. The standard InChI is InChI=1S/C9H14N2O3S/c1-7-6-8(2-3-9(7)10)11-4-5-15(12,13)14/h2-3,6,11H,4-5,10H2,1H3,(H,12,13,14). The van der Waals surface area contributed by atoms with Crippen LogP contribution in [0.4, 0.5) is 11.4 Å². The van der Waals surface area contributed by atoms with Gasteiger partial charge in [-0.2, -0.15) is 8.42 Å². The van der Waals surface area contributed by atoms with Crippen molar-refractivity contribution in [1.82, 2.24) is 0 Å². The molecule has 1 rings (SSSR count). The molecule has 1 aromatic carbocycles. The van der Waals surface area contributed by atoms with Gasteiger partial charge in [0.1, 0.15) is 0 Å². The lowest BCUT2D eigenvalue weighted by molar-refractivity contribution is 0.484. The van der Waals surface area contributed by atoms with E-state index in [4.69, 9.17) is 10.3 Å². The lowest BCUT2D eigenvalue weighted by Crippen LogP contribution is -2.14. The number of aryl methyl sites for hydroxylation is 1. The summed E-state index contributed by atoms with van der Waals surface area (Å²) in [5.41, 5.74) is 8.02. The predicted octanol–water partition coefficient (Wildman–Crippen LogP) is 0.877. The summed E-state index contributed by atoms with van der Waals surface area (Å²) in [4.78, 5) is 0. The summed E-state index contributed by atoms with van der Waals surface area (Å²) in [7, 11) is -3.90. The van der Waals surface area contributed by atoms with Crippen LogP contribution in [0.3, 0.4) is 0 Å². The summed E-state index contributed by atoms with van der Waals surface area (Å²) in [5.74, 6) is -0.309. The second kappa shape index (κ2) is 4.50. The van der Waals surface area contributed by atoms with Gasteiger partial charge < -0.3 is 11.1 Å². The third-order valence-corrected chi connectivity index (χ3v) is 2.68. The van der Waals surface area contributed by atoms with Crippen molar-refractivity contribution < 1.29 is 13.0 Å². The Bertz CT molecular complexity index is 443. The fraction of sp³-hybridized carbons (Fsp3) is 0.333.